The summed E-state index contributed by atoms with van der Waals surface area (Å²) in [4.78, 5) is 2.62. The molecule has 96 valence electrons. The minimum atomic E-state index is 0.411. The molecule has 0 saturated carbocycles. The van der Waals surface area contributed by atoms with E-state index in [1.807, 2.05) is 0 Å². The molecule has 0 aromatic rings. The van der Waals surface area contributed by atoms with Gasteiger partial charge in [0, 0.05) is 17.9 Å². The van der Waals surface area contributed by atoms with Gasteiger partial charge in [0.25, 0.3) is 0 Å². The highest BCUT2D eigenvalue weighted by Crippen LogP contribution is 2.17. The van der Waals surface area contributed by atoms with Crippen molar-refractivity contribution in [1.29, 1.82) is 0 Å². The molecule has 3 unspecified atom stereocenters. The van der Waals surface area contributed by atoms with Gasteiger partial charge in [-0.3, -0.25) is 4.90 Å². The molecule has 3 atom stereocenters. The summed E-state index contributed by atoms with van der Waals surface area (Å²) in [5.74, 6) is 0.829. The van der Waals surface area contributed by atoms with E-state index in [-0.39, 0.29) is 0 Å². The lowest BCUT2D eigenvalue weighted by Crippen LogP contribution is -2.48. The first-order valence-electron chi connectivity index (χ1n) is 6.59. The average Bonchev–Trinajstić information content (AvgIpc) is 2.27. The fourth-order valence-corrected chi connectivity index (χ4v) is 3.06. The molecule has 0 bridgehead atoms. The number of alkyl halides is 1. The summed E-state index contributed by atoms with van der Waals surface area (Å²) >= 11 is 3.52. The Hall–Kier alpha value is 0.400. The number of nitrogens with zero attached hydrogens (tertiary/aromatic N) is 1. The van der Waals surface area contributed by atoms with Crippen LogP contribution < -0.4 is 0 Å². The Bertz CT molecular complexity index is 189. The third-order valence-electron chi connectivity index (χ3n) is 3.56. The Balaban J connectivity index is 2.31. The highest BCUT2D eigenvalue weighted by Gasteiger charge is 2.25. The van der Waals surface area contributed by atoms with Gasteiger partial charge in [-0.15, -0.1) is 0 Å². The Morgan fingerprint density at radius 3 is 2.81 bits per heavy atom. The molecule has 0 aliphatic carbocycles. The van der Waals surface area contributed by atoms with Gasteiger partial charge in [0.2, 0.25) is 0 Å². The average molecular weight is 292 g/mol. The lowest BCUT2D eigenvalue weighted by molar-refractivity contribution is -0.0570. The molecule has 0 spiro atoms. The number of morpholine rings is 1. The molecular formula is C13H26BrNO. The zero-order chi connectivity index (χ0) is 12.0. The van der Waals surface area contributed by atoms with Crippen molar-refractivity contribution < 1.29 is 4.74 Å². The molecule has 0 amide bonds. The summed E-state index contributed by atoms with van der Waals surface area (Å²) in [5.41, 5.74) is 0. The minimum Gasteiger partial charge on any atom is -0.376 e. The largest absolute Gasteiger partial charge is 0.376 e. The van der Waals surface area contributed by atoms with Crippen LogP contribution in [-0.2, 0) is 4.74 Å². The van der Waals surface area contributed by atoms with Gasteiger partial charge < -0.3 is 4.74 Å². The smallest absolute Gasteiger partial charge is 0.0674 e. The highest BCUT2D eigenvalue weighted by molar-refractivity contribution is 9.09. The first-order chi connectivity index (χ1) is 7.67. The fourth-order valence-electron chi connectivity index (χ4n) is 2.28. The standard InChI is InChI=1S/C13H26BrNO/c1-4-13-10-16-12(3)9-15(13)8-6-11(2)5-7-14/h11-13H,4-10H2,1-3H3. The molecule has 0 aromatic heterocycles. The van der Waals surface area contributed by atoms with Gasteiger partial charge in [0.1, 0.15) is 0 Å². The first kappa shape index (κ1) is 14.5. The Labute approximate surface area is 109 Å². The maximum atomic E-state index is 5.72. The van der Waals surface area contributed by atoms with E-state index in [1.54, 1.807) is 0 Å². The van der Waals surface area contributed by atoms with E-state index in [2.05, 4.69) is 41.6 Å². The third kappa shape index (κ3) is 4.72. The summed E-state index contributed by atoms with van der Waals surface area (Å²) in [6.45, 7) is 10.1. The molecule has 1 rings (SSSR count). The maximum absolute atomic E-state index is 5.72. The lowest BCUT2D eigenvalue weighted by atomic mass is 10.0. The summed E-state index contributed by atoms with van der Waals surface area (Å²) in [5, 5.41) is 1.13. The normalized spacial score (nSPS) is 29.2. The summed E-state index contributed by atoms with van der Waals surface area (Å²) in [6, 6.07) is 0.646. The van der Waals surface area contributed by atoms with Crippen molar-refractivity contribution in [2.24, 2.45) is 5.92 Å². The molecule has 1 saturated heterocycles. The van der Waals surface area contributed by atoms with Gasteiger partial charge in [0.15, 0.2) is 0 Å². The number of rotatable bonds is 6. The lowest BCUT2D eigenvalue weighted by Gasteiger charge is -2.38. The topological polar surface area (TPSA) is 12.5 Å². The Morgan fingerprint density at radius 2 is 2.19 bits per heavy atom. The third-order valence-corrected chi connectivity index (χ3v) is 4.02. The maximum Gasteiger partial charge on any atom is 0.0674 e. The van der Waals surface area contributed by atoms with E-state index >= 15 is 0 Å². The number of hydrogen-bond donors (Lipinski definition) is 0. The monoisotopic (exact) mass is 291 g/mol. The second kappa shape index (κ2) is 7.67. The molecule has 0 N–H and O–H groups in total. The van der Waals surface area contributed by atoms with Gasteiger partial charge in [-0.2, -0.15) is 0 Å². The predicted octanol–water partition coefficient (Wildman–Crippen LogP) is 3.30. The van der Waals surface area contributed by atoms with Crippen LogP contribution in [-0.4, -0.2) is 42.1 Å². The van der Waals surface area contributed by atoms with Gasteiger partial charge in [0.05, 0.1) is 12.7 Å². The van der Waals surface area contributed by atoms with E-state index in [9.17, 15) is 0 Å². The molecule has 1 fully saturated rings. The first-order valence-corrected chi connectivity index (χ1v) is 7.71. The van der Waals surface area contributed by atoms with Gasteiger partial charge in [-0.05, 0) is 38.6 Å². The van der Waals surface area contributed by atoms with Crippen molar-refractivity contribution in [3.63, 3.8) is 0 Å². The molecule has 2 nitrogen and oxygen atoms in total. The van der Waals surface area contributed by atoms with E-state index < -0.39 is 0 Å². The summed E-state index contributed by atoms with van der Waals surface area (Å²) in [7, 11) is 0. The van der Waals surface area contributed by atoms with Crippen LogP contribution in [0.3, 0.4) is 0 Å². The summed E-state index contributed by atoms with van der Waals surface area (Å²) < 4.78 is 5.72. The molecule has 1 aliphatic rings. The van der Waals surface area contributed by atoms with Crippen LogP contribution >= 0.6 is 15.9 Å². The van der Waals surface area contributed by atoms with Crippen molar-refractivity contribution in [3.8, 4) is 0 Å². The van der Waals surface area contributed by atoms with Crippen molar-refractivity contribution in [1.82, 2.24) is 4.90 Å². The van der Waals surface area contributed by atoms with Crippen LogP contribution in [0.4, 0.5) is 0 Å². The van der Waals surface area contributed by atoms with E-state index in [0.717, 1.165) is 24.4 Å². The number of ether oxygens (including phenoxy) is 1. The Morgan fingerprint density at radius 1 is 1.44 bits per heavy atom. The number of halogens is 1. The molecule has 0 aromatic carbocycles. The molecule has 16 heavy (non-hydrogen) atoms. The van der Waals surface area contributed by atoms with Crippen LogP contribution in [0.15, 0.2) is 0 Å². The van der Waals surface area contributed by atoms with Crippen molar-refractivity contribution in [3.05, 3.63) is 0 Å². The van der Waals surface area contributed by atoms with E-state index in [0.29, 0.717) is 12.1 Å². The van der Waals surface area contributed by atoms with Crippen molar-refractivity contribution in [2.45, 2.75) is 52.2 Å². The van der Waals surface area contributed by atoms with Gasteiger partial charge >= 0.3 is 0 Å². The predicted molar refractivity (Wildman–Crippen MR) is 73.3 cm³/mol. The second-order valence-corrected chi connectivity index (χ2v) is 5.87. The summed E-state index contributed by atoms with van der Waals surface area (Å²) in [6.07, 6.45) is 4.22. The zero-order valence-corrected chi connectivity index (χ0v) is 12.5. The van der Waals surface area contributed by atoms with Crippen LogP contribution in [0.2, 0.25) is 0 Å². The van der Waals surface area contributed by atoms with Gasteiger partial charge in [-0.25, -0.2) is 0 Å². The SMILES string of the molecule is CCC1COC(C)CN1CCC(C)CCBr. The molecule has 1 heterocycles. The molecule has 3 heteroatoms. The quantitative estimate of drug-likeness (QED) is 0.697. The number of hydrogen-bond acceptors (Lipinski definition) is 2. The molecule has 1 aliphatic heterocycles. The molecular weight excluding hydrogens is 266 g/mol. The van der Waals surface area contributed by atoms with Crippen LogP contribution in [0.5, 0.6) is 0 Å². The van der Waals surface area contributed by atoms with E-state index in [1.165, 1.54) is 25.8 Å². The van der Waals surface area contributed by atoms with Crippen LogP contribution in [0.1, 0.15) is 40.0 Å². The van der Waals surface area contributed by atoms with Crippen molar-refractivity contribution in [2.75, 3.05) is 25.0 Å². The Kier molecular flexibility index (Phi) is 6.94. The van der Waals surface area contributed by atoms with Crippen molar-refractivity contribution >= 4 is 15.9 Å². The minimum absolute atomic E-state index is 0.411. The molecule has 0 radical (unpaired) electrons. The highest BCUT2D eigenvalue weighted by atomic mass is 79.9. The van der Waals surface area contributed by atoms with Gasteiger partial charge in [-0.1, -0.05) is 29.8 Å². The van der Waals surface area contributed by atoms with Crippen LogP contribution in [0.25, 0.3) is 0 Å². The zero-order valence-electron chi connectivity index (χ0n) is 10.9. The van der Waals surface area contributed by atoms with Crippen LogP contribution in [0, 0.1) is 5.92 Å². The van der Waals surface area contributed by atoms with E-state index in [4.69, 9.17) is 4.74 Å². The second-order valence-electron chi connectivity index (χ2n) is 5.07. The fraction of sp³-hybridized carbons (Fsp3) is 1.00.